The lowest BCUT2D eigenvalue weighted by atomic mass is 10.1. The summed E-state index contributed by atoms with van der Waals surface area (Å²) >= 11 is 0. The summed E-state index contributed by atoms with van der Waals surface area (Å²) in [5.74, 6) is 0. The molecule has 1 heterocycles. The van der Waals surface area contributed by atoms with Gasteiger partial charge in [0.25, 0.3) is 20.0 Å². The molecule has 0 atom stereocenters. The molecule has 2 N–H and O–H groups in total. The molecule has 0 spiro atoms. The lowest BCUT2D eigenvalue weighted by molar-refractivity contribution is 0.600. The van der Waals surface area contributed by atoms with E-state index in [0.29, 0.717) is 5.69 Å². The fourth-order valence-corrected chi connectivity index (χ4v) is 5.02. The molecule has 4 rings (SSSR count). The minimum atomic E-state index is -3.82. The monoisotopic (exact) mass is 439 g/mol. The van der Waals surface area contributed by atoms with Crippen molar-refractivity contribution in [1.82, 2.24) is 4.98 Å². The van der Waals surface area contributed by atoms with Crippen LogP contribution >= 0.6 is 0 Å². The van der Waals surface area contributed by atoms with Crippen LogP contribution in [-0.2, 0) is 20.0 Å². The highest BCUT2D eigenvalue weighted by molar-refractivity contribution is 7.93. The SMILES string of the molecule is O=S(=O)(Nc1cccnc1)c1ccc(NS(=O)(=O)c2ccc3ccccc3c2)cc1. The van der Waals surface area contributed by atoms with Gasteiger partial charge in [0.1, 0.15) is 0 Å². The Morgan fingerprint density at radius 1 is 0.600 bits per heavy atom. The maximum absolute atomic E-state index is 12.7. The largest absolute Gasteiger partial charge is 0.280 e. The van der Waals surface area contributed by atoms with E-state index in [1.807, 2.05) is 24.3 Å². The summed E-state index contributed by atoms with van der Waals surface area (Å²) < 4.78 is 55.3. The molecule has 0 fully saturated rings. The first-order valence-electron chi connectivity index (χ1n) is 8.88. The Bertz CT molecular complexity index is 1400. The fraction of sp³-hybridized carbons (Fsp3) is 0. The summed E-state index contributed by atoms with van der Waals surface area (Å²) in [7, 11) is -7.64. The number of hydrogen-bond donors (Lipinski definition) is 2. The Morgan fingerprint density at radius 3 is 1.93 bits per heavy atom. The van der Waals surface area contributed by atoms with Gasteiger partial charge in [-0.3, -0.25) is 14.4 Å². The van der Waals surface area contributed by atoms with Gasteiger partial charge in [-0.05, 0) is 59.3 Å². The number of hydrogen-bond acceptors (Lipinski definition) is 5. The molecule has 0 amide bonds. The van der Waals surface area contributed by atoms with Crippen molar-refractivity contribution in [1.29, 1.82) is 0 Å². The highest BCUT2D eigenvalue weighted by Crippen LogP contribution is 2.23. The summed E-state index contributed by atoms with van der Waals surface area (Å²) in [5, 5.41) is 1.75. The molecule has 4 aromatic rings. The summed E-state index contributed by atoms with van der Waals surface area (Å²) in [6.07, 6.45) is 2.93. The molecule has 0 bridgehead atoms. The maximum Gasteiger partial charge on any atom is 0.261 e. The van der Waals surface area contributed by atoms with Gasteiger partial charge in [0.15, 0.2) is 0 Å². The second-order valence-electron chi connectivity index (χ2n) is 6.49. The van der Waals surface area contributed by atoms with Gasteiger partial charge in [-0.1, -0.05) is 30.3 Å². The van der Waals surface area contributed by atoms with Crippen LogP contribution in [0.3, 0.4) is 0 Å². The van der Waals surface area contributed by atoms with Gasteiger partial charge in [0.05, 0.1) is 21.7 Å². The molecule has 0 unspecified atom stereocenters. The van der Waals surface area contributed by atoms with Crippen molar-refractivity contribution >= 4 is 42.2 Å². The van der Waals surface area contributed by atoms with E-state index in [1.54, 1.807) is 24.3 Å². The highest BCUT2D eigenvalue weighted by atomic mass is 32.2. The summed E-state index contributed by atoms with van der Waals surface area (Å²) in [6, 6.07) is 21.0. The molecular formula is C21H17N3O4S2. The zero-order valence-electron chi connectivity index (χ0n) is 15.6. The molecule has 0 saturated heterocycles. The molecule has 3 aromatic carbocycles. The molecule has 0 radical (unpaired) electrons. The van der Waals surface area contributed by atoms with E-state index in [-0.39, 0.29) is 15.5 Å². The fourth-order valence-electron chi connectivity index (χ4n) is 2.89. The van der Waals surface area contributed by atoms with Crippen LogP contribution < -0.4 is 9.44 Å². The van der Waals surface area contributed by atoms with Crippen molar-refractivity contribution < 1.29 is 16.8 Å². The van der Waals surface area contributed by atoms with Crippen molar-refractivity contribution in [2.75, 3.05) is 9.44 Å². The van der Waals surface area contributed by atoms with E-state index in [9.17, 15) is 16.8 Å². The zero-order chi connectivity index (χ0) is 21.2. The average Bonchev–Trinajstić information content (AvgIpc) is 2.74. The quantitative estimate of drug-likeness (QED) is 0.475. The molecule has 0 aliphatic heterocycles. The van der Waals surface area contributed by atoms with E-state index in [4.69, 9.17) is 0 Å². The topological polar surface area (TPSA) is 105 Å². The van der Waals surface area contributed by atoms with Crippen LogP contribution in [0.1, 0.15) is 0 Å². The van der Waals surface area contributed by atoms with E-state index < -0.39 is 20.0 Å². The molecule has 7 nitrogen and oxygen atoms in total. The van der Waals surface area contributed by atoms with Crippen molar-refractivity contribution in [3.05, 3.63) is 91.3 Å². The van der Waals surface area contributed by atoms with E-state index in [2.05, 4.69) is 14.4 Å². The van der Waals surface area contributed by atoms with Crippen LogP contribution in [0.15, 0.2) is 101 Å². The molecule has 0 saturated carbocycles. The van der Waals surface area contributed by atoms with Gasteiger partial charge in [-0.25, -0.2) is 16.8 Å². The number of aromatic nitrogens is 1. The molecule has 152 valence electrons. The minimum Gasteiger partial charge on any atom is -0.280 e. The average molecular weight is 440 g/mol. The van der Waals surface area contributed by atoms with Crippen LogP contribution in [0.2, 0.25) is 0 Å². The predicted molar refractivity (Wildman–Crippen MR) is 116 cm³/mol. The third-order valence-electron chi connectivity index (χ3n) is 4.36. The number of nitrogens with zero attached hydrogens (tertiary/aromatic N) is 1. The van der Waals surface area contributed by atoms with Crippen molar-refractivity contribution in [3.63, 3.8) is 0 Å². The first kappa shape index (κ1) is 19.9. The third kappa shape index (κ3) is 4.27. The smallest absolute Gasteiger partial charge is 0.261 e. The van der Waals surface area contributed by atoms with Gasteiger partial charge < -0.3 is 0 Å². The van der Waals surface area contributed by atoms with Crippen molar-refractivity contribution in [2.45, 2.75) is 9.79 Å². The molecule has 0 aliphatic rings. The van der Waals surface area contributed by atoms with Crippen LogP contribution in [0.4, 0.5) is 11.4 Å². The number of benzene rings is 3. The van der Waals surface area contributed by atoms with Gasteiger partial charge in [0.2, 0.25) is 0 Å². The van der Waals surface area contributed by atoms with Crippen LogP contribution in [-0.4, -0.2) is 21.8 Å². The number of nitrogens with one attached hydrogen (secondary N) is 2. The molecule has 1 aromatic heterocycles. The van der Waals surface area contributed by atoms with Crippen LogP contribution in [0.25, 0.3) is 10.8 Å². The van der Waals surface area contributed by atoms with Gasteiger partial charge in [-0.15, -0.1) is 0 Å². The summed E-state index contributed by atoms with van der Waals surface area (Å²) in [6.45, 7) is 0. The second-order valence-corrected chi connectivity index (χ2v) is 9.85. The van der Waals surface area contributed by atoms with Crippen LogP contribution in [0.5, 0.6) is 0 Å². The first-order valence-corrected chi connectivity index (χ1v) is 11.8. The lowest BCUT2D eigenvalue weighted by Crippen LogP contribution is -2.14. The van der Waals surface area contributed by atoms with E-state index in [1.165, 1.54) is 42.7 Å². The third-order valence-corrected chi connectivity index (χ3v) is 7.14. The normalized spacial score (nSPS) is 11.9. The van der Waals surface area contributed by atoms with E-state index in [0.717, 1.165) is 10.8 Å². The minimum absolute atomic E-state index is 0.00000571. The van der Waals surface area contributed by atoms with Gasteiger partial charge in [-0.2, -0.15) is 0 Å². The van der Waals surface area contributed by atoms with E-state index >= 15 is 0 Å². The molecular weight excluding hydrogens is 422 g/mol. The Morgan fingerprint density at radius 2 is 1.23 bits per heavy atom. The van der Waals surface area contributed by atoms with Crippen LogP contribution in [0, 0.1) is 0 Å². The summed E-state index contributed by atoms with van der Waals surface area (Å²) in [5.41, 5.74) is 0.585. The second kappa shape index (κ2) is 7.77. The zero-order valence-corrected chi connectivity index (χ0v) is 17.2. The number of rotatable bonds is 6. The highest BCUT2D eigenvalue weighted by Gasteiger charge is 2.17. The first-order chi connectivity index (χ1) is 14.3. The van der Waals surface area contributed by atoms with Gasteiger partial charge >= 0.3 is 0 Å². The molecule has 9 heteroatoms. The van der Waals surface area contributed by atoms with Gasteiger partial charge in [0, 0.05) is 11.9 Å². The molecule has 0 aliphatic carbocycles. The number of anilines is 2. The maximum atomic E-state index is 12.7. The Hall–Kier alpha value is -3.43. The van der Waals surface area contributed by atoms with Crippen molar-refractivity contribution in [3.8, 4) is 0 Å². The lowest BCUT2D eigenvalue weighted by Gasteiger charge is -2.11. The number of fused-ring (bicyclic) bond motifs is 1. The Balaban J connectivity index is 1.55. The Kier molecular flexibility index (Phi) is 5.15. The van der Waals surface area contributed by atoms with Crippen molar-refractivity contribution in [2.24, 2.45) is 0 Å². The molecule has 30 heavy (non-hydrogen) atoms. The standard InChI is InChI=1S/C21H17N3O4S2/c25-29(26,24-19-6-3-13-22-15-19)20-11-8-18(9-12-20)23-30(27,28)21-10-7-16-4-1-2-5-17(16)14-21/h1-15,23-24H. The Labute approximate surface area is 174 Å². The number of sulfonamides is 2. The summed E-state index contributed by atoms with van der Waals surface area (Å²) in [4.78, 5) is 3.98. The predicted octanol–water partition coefficient (Wildman–Crippen LogP) is 3.84. The number of pyridine rings is 1.